The summed E-state index contributed by atoms with van der Waals surface area (Å²) in [7, 11) is 1.95. The summed E-state index contributed by atoms with van der Waals surface area (Å²) >= 11 is 0. The van der Waals surface area contributed by atoms with Gasteiger partial charge >= 0.3 is 0 Å². The van der Waals surface area contributed by atoms with E-state index in [0.29, 0.717) is 6.54 Å². The van der Waals surface area contributed by atoms with Crippen molar-refractivity contribution in [2.24, 2.45) is 0 Å². The van der Waals surface area contributed by atoms with E-state index in [1.807, 2.05) is 18.9 Å². The minimum absolute atomic E-state index is 0.0436. The topological polar surface area (TPSA) is 50.2 Å². The Morgan fingerprint density at radius 2 is 2.22 bits per heavy atom. The zero-order chi connectivity index (χ0) is 13.5. The standard InChI is InChI=1S/C13H24N4O/c1-5-7-14-11(3)10-17-13(18)8-12(9-15-17)16(4)6-2/h8-9,11,14H,5-7,10H2,1-4H3. The van der Waals surface area contributed by atoms with Gasteiger partial charge in [-0.2, -0.15) is 5.10 Å². The van der Waals surface area contributed by atoms with Crippen molar-refractivity contribution in [2.75, 3.05) is 25.0 Å². The molecule has 1 atom stereocenters. The fraction of sp³-hybridized carbons (Fsp3) is 0.692. The Kier molecular flexibility index (Phi) is 5.85. The third-order valence-electron chi connectivity index (χ3n) is 2.96. The smallest absolute Gasteiger partial charge is 0.268 e. The SMILES string of the molecule is CCCNC(C)Cn1ncc(N(C)CC)cc1=O. The van der Waals surface area contributed by atoms with Gasteiger partial charge in [0.2, 0.25) is 0 Å². The lowest BCUT2D eigenvalue weighted by molar-refractivity contribution is 0.439. The van der Waals surface area contributed by atoms with E-state index in [0.717, 1.165) is 25.2 Å². The summed E-state index contributed by atoms with van der Waals surface area (Å²) < 4.78 is 1.51. The van der Waals surface area contributed by atoms with E-state index in [1.54, 1.807) is 12.3 Å². The van der Waals surface area contributed by atoms with Gasteiger partial charge in [0.15, 0.2) is 0 Å². The second-order valence-electron chi connectivity index (χ2n) is 4.60. The lowest BCUT2D eigenvalue weighted by Crippen LogP contribution is -2.36. The monoisotopic (exact) mass is 252 g/mol. The third-order valence-corrected chi connectivity index (χ3v) is 2.96. The van der Waals surface area contributed by atoms with Crippen molar-refractivity contribution in [1.29, 1.82) is 0 Å². The molecule has 5 nitrogen and oxygen atoms in total. The number of nitrogens with one attached hydrogen (secondary N) is 1. The maximum absolute atomic E-state index is 11.9. The molecular weight excluding hydrogens is 228 g/mol. The molecule has 0 bridgehead atoms. The van der Waals surface area contributed by atoms with Crippen LogP contribution in [-0.4, -0.2) is 36.0 Å². The first-order valence-electron chi connectivity index (χ1n) is 6.60. The highest BCUT2D eigenvalue weighted by molar-refractivity contribution is 5.41. The van der Waals surface area contributed by atoms with Gasteiger partial charge in [0.05, 0.1) is 18.4 Å². The molecule has 0 amide bonds. The summed E-state index contributed by atoms with van der Waals surface area (Å²) in [5, 5.41) is 7.56. The number of hydrogen-bond acceptors (Lipinski definition) is 4. The molecular formula is C13H24N4O. The van der Waals surface area contributed by atoms with Gasteiger partial charge in [-0.15, -0.1) is 0 Å². The van der Waals surface area contributed by atoms with E-state index in [2.05, 4.69) is 24.3 Å². The molecule has 1 aromatic heterocycles. The summed E-state index contributed by atoms with van der Waals surface area (Å²) in [4.78, 5) is 13.9. The van der Waals surface area contributed by atoms with E-state index in [9.17, 15) is 4.79 Å². The molecule has 18 heavy (non-hydrogen) atoms. The van der Waals surface area contributed by atoms with Crippen LogP contribution in [0.1, 0.15) is 27.2 Å². The van der Waals surface area contributed by atoms with Gasteiger partial charge in [-0.3, -0.25) is 4.79 Å². The summed E-state index contributed by atoms with van der Waals surface area (Å²) in [6, 6.07) is 1.90. The average Bonchev–Trinajstić information content (AvgIpc) is 2.37. The highest BCUT2D eigenvalue weighted by Gasteiger charge is 2.06. The predicted molar refractivity (Wildman–Crippen MR) is 75.2 cm³/mol. The molecule has 0 aliphatic rings. The van der Waals surface area contributed by atoms with Crippen molar-refractivity contribution in [1.82, 2.24) is 15.1 Å². The van der Waals surface area contributed by atoms with Crippen LogP contribution in [0, 0.1) is 0 Å². The minimum Gasteiger partial charge on any atom is -0.373 e. The molecule has 0 radical (unpaired) electrons. The van der Waals surface area contributed by atoms with Crippen LogP contribution in [0.3, 0.4) is 0 Å². The molecule has 0 fully saturated rings. The van der Waals surface area contributed by atoms with E-state index >= 15 is 0 Å². The molecule has 5 heteroatoms. The minimum atomic E-state index is -0.0436. The zero-order valence-corrected chi connectivity index (χ0v) is 11.8. The average molecular weight is 252 g/mol. The van der Waals surface area contributed by atoms with Crippen LogP contribution in [0.25, 0.3) is 0 Å². The number of rotatable bonds is 7. The number of anilines is 1. The fourth-order valence-electron chi connectivity index (χ4n) is 1.67. The molecule has 0 aromatic carbocycles. The first-order valence-corrected chi connectivity index (χ1v) is 6.60. The maximum atomic E-state index is 11.9. The third kappa shape index (κ3) is 4.14. The van der Waals surface area contributed by atoms with Crippen molar-refractivity contribution < 1.29 is 0 Å². The quantitative estimate of drug-likeness (QED) is 0.789. The van der Waals surface area contributed by atoms with Crippen molar-refractivity contribution in [3.05, 3.63) is 22.6 Å². The second-order valence-corrected chi connectivity index (χ2v) is 4.60. The highest BCUT2D eigenvalue weighted by atomic mass is 16.1. The summed E-state index contributed by atoms with van der Waals surface area (Å²) in [5.41, 5.74) is 0.825. The molecule has 0 spiro atoms. The summed E-state index contributed by atoms with van der Waals surface area (Å²) in [6.07, 6.45) is 2.84. The molecule has 102 valence electrons. The number of nitrogens with zero attached hydrogens (tertiary/aromatic N) is 3. The number of aromatic nitrogens is 2. The van der Waals surface area contributed by atoms with Crippen LogP contribution in [0.5, 0.6) is 0 Å². The van der Waals surface area contributed by atoms with Crippen LogP contribution in [0.2, 0.25) is 0 Å². The summed E-state index contributed by atoms with van der Waals surface area (Å²) in [5.74, 6) is 0. The van der Waals surface area contributed by atoms with Gasteiger partial charge in [-0.25, -0.2) is 4.68 Å². The van der Waals surface area contributed by atoms with Gasteiger partial charge in [0.1, 0.15) is 0 Å². The lowest BCUT2D eigenvalue weighted by atomic mass is 10.3. The molecule has 0 saturated heterocycles. The van der Waals surface area contributed by atoms with Crippen LogP contribution >= 0.6 is 0 Å². The second kappa shape index (κ2) is 7.16. The Labute approximate surface area is 109 Å². The Balaban J connectivity index is 2.71. The normalized spacial score (nSPS) is 12.4. The van der Waals surface area contributed by atoms with Crippen molar-refractivity contribution in [2.45, 2.75) is 39.8 Å². The Morgan fingerprint density at radius 1 is 1.50 bits per heavy atom. The molecule has 1 heterocycles. The van der Waals surface area contributed by atoms with Gasteiger partial charge < -0.3 is 10.2 Å². The van der Waals surface area contributed by atoms with Crippen molar-refractivity contribution in [3.63, 3.8) is 0 Å². The van der Waals surface area contributed by atoms with Crippen molar-refractivity contribution >= 4 is 5.69 Å². The van der Waals surface area contributed by atoms with Gasteiger partial charge in [-0.05, 0) is 26.8 Å². The molecule has 0 saturated carbocycles. The molecule has 0 aliphatic carbocycles. The molecule has 1 N–H and O–H groups in total. The molecule has 1 rings (SSSR count). The highest BCUT2D eigenvalue weighted by Crippen LogP contribution is 2.05. The van der Waals surface area contributed by atoms with E-state index in [-0.39, 0.29) is 11.6 Å². The van der Waals surface area contributed by atoms with Gasteiger partial charge in [-0.1, -0.05) is 6.92 Å². The zero-order valence-electron chi connectivity index (χ0n) is 11.8. The van der Waals surface area contributed by atoms with Crippen LogP contribution in [0.4, 0.5) is 5.69 Å². The summed E-state index contributed by atoms with van der Waals surface area (Å²) in [6.45, 7) is 8.67. The van der Waals surface area contributed by atoms with Crippen LogP contribution in [-0.2, 0) is 6.54 Å². The maximum Gasteiger partial charge on any atom is 0.268 e. The van der Waals surface area contributed by atoms with E-state index < -0.39 is 0 Å². The van der Waals surface area contributed by atoms with E-state index in [4.69, 9.17) is 0 Å². The lowest BCUT2D eigenvalue weighted by Gasteiger charge is -2.17. The predicted octanol–water partition coefficient (Wildman–Crippen LogP) is 1.09. The van der Waals surface area contributed by atoms with Crippen LogP contribution < -0.4 is 15.8 Å². The van der Waals surface area contributed by atoms with E-state index in [1.165, 1.54) is 4.68 Å². The molecule has 1 unspecified atom stereocenters. The van der Waals surface area contributed by atoms with Crippen LogP contribution in [0.15, 0.2) is 17.1 Å². The fourth-order valence-corrected chi connectivity index (χ4v) is 1.67. The first-order chi connectivity index (χ1) is 8.58. The Morgan fingerprint density at radius 3 is 2.78 bits per heavy atom. The van der Waals surface area contributed by atoms with Gasteiger partial charge in [0, 0.05) is 25.7 Å². The largest absolute Gasteiger partial charge is 0.373 e. The Hall–Kier alpha value is -1.36. The first kappa shape index (κ1) is 14.7. The number of hydrogen-bond donors (Lipinski definition) is 1. The Bertz CT molecular complexity index is 416. The van der Waals surface area contributed by atoms with Gasteiger partial charge in [0.25, 0.3) is 5.56 Å². The molecule has 0 aliphatic heterocycles. The van der Waals surface area contributed by atoms with Crippen molar-refractivity contribution in [3.8, 4) is 0 Å². The molecule has 1 aromatic rings.